The summed E-state index contributed by atoms with van der Waals surface area (Å²) in [4.78, 5) is 24.7. The maximum atomic E-state index is 12.4. The smallest absolute Gasteiger partial charge is 0.270 e. The van der Waals surface area contributed by atoms with Crippen LogP contribution < -0.4 is 0 Å². The first kappa shape index (κ1) is 16.8. The van der Waals surface area contributed by atoms with E-state index in [4.69, 9.17) is 17.0 Å². The minimum atomic E-state index is -0.477. The predicted molar refractivity (Wildman–Crippen MR) is 94.5 cm³/mol. The second kappa shape index (κ2) is 7.24. The van der Waals surface area contributed by atoms with Crippen LogP contribution in [-0.4, -0.2) is 61.9 Å². The minimum Gasteiger partial charge on any atom is -0.378 e. The monoisotopic (exact) mass is 366 g/mol. The standard InChI is InChI=1S/C14H14N4O4S2/c19-13(9-24-14(23)16-3-5-22-6-4-16)17-12-2-1-11(18(20)21)7-10(12)8-15-17/h1-2,7-8H,3-6,9H2. The van der Waals surface area contributed by atoms with Gasteiger partial charge in [0.25, 0.3) is 11.6 Å². The Morgan fingerprint density at radius 3 is 2.88 bits per heavy atom. The summed E-state index contributed by atoms with van der Waals surface area (Å²) in [6.07, 6.45) is 1.45. The van der Waals surface area contributed by atoms with Crippen LogP contribution in [0, 0.1) is 10.1 Å². The van der Waals surface area contributed by atoms with E-state index in [0.29, 0.717) is 28.4 Å². The number of thiocarbonyl (C=S) groups is 1. The zero-order chi connectivity index (χ0) is 17.1. The van der Waals surface area contributed by atoms with E-state index in [0.717, 1.165) is 13.1 Å². The van der Waals surface area contributed by atoms with Gasteiger partial charge in [-0.3, -0.25) is 14.9 Å². The fourth-order valence-electron chi connectivity index (χ4n) is 2.35. The average molecular weight is 366 g/mol. The highest BCUT2D eigenvalue weighted by atomic mass is 32.2. The number of nitrogens with zero attached hydrogens (tertiary/aromatic N) is 4. The zero-order valence-corrected chi connectivity index (χ0v) is 14.2. The molecule has 126 valence electrons. The lowest BCUT2D eigenvalue weighted by molar-refractivity contribution is -0.384. The van der Waals surface area contributed by atoms with E-state index in [9.17, 15) is 14.9 Å². The van der Waals surface area contributed by atoms with Gasteiger partial charge in [-0.1, -0.05) is 24.0 Å². The second-order valence-corrected chi connectivity index (χ2v) is 6.71. The molecule has 0 aliphatic carbocycles. The number of carbonyl (C=O) groups excluding carboxylic acids is 1. The first-order chi connectivity index (χ1) is 11.6. The molecule has 1 aromatic heterocycles. The molecule has 2 aromatic rings. The van der Waals surface area contributed by atoms with Gasteiger partial charge < -0.3 is 9.64 Å². The molecule has 0 radical (unpaired) electrons. The van der Waals surface area contributed by atoms with Gasteiger partial charge in [0.15, 0.2) is 0 Å². The number of aromatic nitrogens is 2. The summed E-state index contributed by atoms with van der Waals surface area (Å²) in [5.41, 5.74) is 0.515. The molecule has 0 atom stereocenters. The highest BCUT2D eigenvalue weighted by Crippen LogP contribution is 2.21. The van der Waals surface area contributed by atoms with Gasteiger partial charge in [0.2, 0.25) is 0 Å². The van der Waals surface area contributed by atoms with Crippen molar-refractivity contribution in [1.29, 1.82) is 0 Å². The van der Waals surface area contributed by atoms with Crippen molar-refractivity contribution in [2.24, 2.45) is 0 Å². The summed E-state index contributed by atoms with van der Waals surface area (Å²) >= 11 is 6.63. The van der Waals surface area contributed by atoms with E-state index in [1.165, 1.54) is 40.8 Å². The molecule has 0 saturated carbocycles. The lowest BCUT2D eigenvalue weighted by atomic mass is 10.2. The number of ether oxygens (including phenoxy) is 1. The number of non-ortho nitro benzene ring substituents is 1. The van der Waals surface area contributed by atoms with Gasteiger partial charge in [-0.15, -0.1) is 0 Å². The molecule has 0 spiro atoms. The Morgan fingerprint density at radius 2 is 2.17 bits per heavy atom. The molecule has 8 nitrogen and oxygen atoms in total. The third-order valence-corrected chi connectivity index (χ3v) is 5.10. The van der Waals surface area contributed by atoms with E-state index in [1.54, 1.807) is 0 Å². The minimum absolute atomic E-state index is 0.0302. The van der Waals surface area contributed by atoms with Crippen molar-refractivity contribution in [3.8, 4) is 0 Å². The molecule has 0 bridgehead atoms. The number of fused-ring (bicyclic) bond motifs is 1. The van der Waals surface area contributed by atoms with E-state index < -0.39 is 4.92 Å². The number of morpholine rings is 1. The fraction of sp³-hybridized carbons (Fsp3) is 0.357. The van der Waals surface area contributed by atoms with Crippen LogP contribution in [-0.2, 0) is 4.74 Å². The van der Waals surface area contributed by atoms with Gasteiger partial charge in [-0.25, -0.2) is 0 Å². The van der Waals surface area contributed by atoms with Crippen molar-refractivity contribution < 1.29 is 14.5 Å². The van der Waals surface area contributed by atoms with Crippen molar-refractivity contribution in [2.75, 3.05) is 32.1 Å². The first-order valence-electron chi connectivity index (χ1n) is 7.21. The molecule has 3 rings (SSSR count). The zero-order valence-electron chi connectivity index (χ0n) is 12.6. The van der Waals surface area contributed by atoms with E-state index >= 15 is 0 Å². The van der Waals surface area contributed by atoms with Crippen LogP contribution in [0.4, 0.5) is 5.69 Å². The molecule has 1 saturated heterocycles. The van der Waals surface area contributed by atoms with Crippen LogP contribution >= 0.6 is 24.0 Å². The first-order valence-corrected chi connectivity index (χ1v) is 8.60. The highest BCUT2D eigenvalue weighted by Gasteiger charge is 2.18. The normalized spacial score (nSPS) is 14.8. The van der Waals surface area contributed by atoms with Crippen LogP contribution in [0.25, 0.3) is 10.9 Å². The molecule has 0 unspecified atom stereocenters. The number of hydrogen-bond donors (Lipinski definition) is 0. The molecule has 1 aliphatic heterocycles. The fourth-order valence-corrected chi connectivity index (χ4v) is 3.45. The summed E-state index contributed by atoms with van der Waals surface area (Å²) in [5.74, 6) is -0.0660. The Bertz CT molecular complexity index is 801. The summed E-state index contributed by atoms with van der Waals surface area (Å²) in [6.45, 7) is 2.73. The number of hydrogen-bond acceptors (Lipinski definition) is 7. The van der Waals surface area contributed by atoms with Crippen LogP contribution in [0.3, 0.4) is 0 Å². The quantitative estimate of drug-likeness (QED) is 0.462. The van der Waals surface area contributed by atoms with E-state index in [2.05, 4.69) is 5.10 Å². The number of carbonyl (C=O) groups is 1. The summed E-state index contributed by atoms with van der Waals surface area (Å²) in [6, 6.07) is 4.29. The molecule has 0 amide bonds. The van der Waals surface area contributed by atoms with Gasteiger partial charge >= 0.3 is 0 Å². The average Bonchev–Trinajstić information content (AvgIpc) is 3.03. The van der Waals surface area contributed by atoms with Crippen LogP contribution in [0.1, 0.15) is 4.79 Å². The highest BCUT2D eigenvalue weighted by molar-refractivity contribution is 8.23. The number of benzene rings is 1. The summed E-state index contributed by atoms with van der Waals surface area (Å²) < 4.78 is 7.19. The largest absolute Gasteiger partial charge is 0.378 e. The summed E-state index contributed by atoms with van der Waals surface area (Å²) in [5, 5.41) is 15.4. The number of nitro groups is 1. The third-order valence-electron chi connectivity index (χ3n) is 3.59. The van der Waals surface area contributed by atoms with Gasteiger partial charge in [-0.05, 0) is 6.07 Å². The molecule has 1 aliphatic rings. The SMILES string of the molecule is O=C(CSC(=S)N1CCOCC1)n1ncc2cc([N+](=O)[O-])ccc21. The second-order valence-electron chi connectivity index (χ2n) is 5.10. The molecule has 0 N–H and O–H groups in total. The van der Waals surface area contributed by atoms with Crippen molar-refractivity contribution in [1.82, 2.24) is 14.7 Å². The molecule has 2 heterocycles. The van der Waals surface area contributed by atoms with E-state index in [-0.39, 0.29) is 17.3 Å². The topological polar surface area (TPSA) is 90.5 Å². The maximum absolute atomic E-state index is 12.4. The van der Waals surface area contributed by atoms with E-state index in [1.807, 2.05) is 4.90 Å². The molecule has 10 heteroatoms. The lowest BCUT2D eigenvalue weighted by Gasteiger charge is -2.28. The van der Waals surface area contributed by atoms with Crippen molar-refractivity contribution >= 4 is 50.8 Å². The Morgan fingerprint density at radius 1 is 1.42 bits per heavy atom. The van der Waals surface area contributed by atoms with Gasteiger partial charge in [0, 0.05) is 30.6 Å². The molecule has 1 fully saturated rings. The van der Waals surface area contributed by atoms with Crippen LogP contribution in [0.15, 0.2) is 24.4 Å². The van der Waals surface area contributed by atoms with Gasteiger partial charge in [-0.2, -0.15) is 9.78 Å². The maximum Gasteiger partial charge on any atom is 0.270 e. The summed E-state index contributed by atoms with van der Waals surface area (Å²) in [7, 11) is 0. The third kappa shape index (κ3) is 3.55. The molecule has 24 heavy (non-hydrogen) atoms. The lowest BCUT2D eigenvalue weighted by Crippen LogP contribution is -2.38. The van der Waals surface area contributed by atoms with Gasteiger partial charge in [0.1, 0.15) is 4.32 Å². The van der Waals surface area contributed by atoms with Crippen LogP contribution in [0.2, 0.25) is 0 Å². The Hall–Kier alpha value is -2.04. The molecule has 1 aromatic carbocycles. The van der Waals surface area contributed by atoms with Crippen molar-refractivity contribution in [2.45, 2.75) is 0 Å². The molecular formula is C14H14N4O4S2. The van der Waals surface area contributed by atoms with Crippen molar-refractivity contribution in [3.63, 3.8) is 0 Å². The number of rotatable bonds is 3. The Kier molecular flexibility index (Phi) is 5.07. The predicted octanol–water partition coefficient (Wildman–Crippen LogP) is 1.93. The number of nitro benzene ring substituents is 1. The Balaban J connectivity index is 1.67. The van der Waals surface area contributed by atoms with Crippen LogP contribution in [0.5, 0.6) is 0 Å². The number of thioether (sulfide) groups is 1. The Labute approximate surface area is 146 Å². The van der Waals surface area contributed by atoms with Crippen molar-refractivity contribution in [3.05, 3.63) is 34.5 Å². The molecular weight excluding hydrogens is 352 g/mol. The van der Waals surface area contributed by atoms with Gasteiger partial charge in [0.05, 0.1) is 35.6 Å².